The lowest BCUT2D eigenvalue weighted by Crippen LogP contribution is -2.20. The Bertz CT molecular complexity index is 913. The van der Waals surface area contributed by atoms with Gasteiger partial charge in [-0.2, -0.15) is 5.26 Å². The van der Waals surface area contributed by atoms with Crippen LogP contribution in [-0.2, 0) is 4.79 Å². The average molecular weight is 436 g/mol. The minimum Gasteiger partial charge on any atom is -0.490 e. The lowest BCUT2D eigenvalue weighted by atomic mass is 9.80. The predicted molar refractivity (Wildman–Crippen MR) is 123 cm³/mol. The number of ether oxygens (including phenoxy) is 2. The van der Waals surface area contributed by atoms with Crippen molar-refractivity contribution in [2.75, 3.05) is 6.61 Å². The van der Waals surface area contributed by atoms with Crippen molar-refractivity contribution in [3.05, 3.63) is 36.2 Å². The van der Waals surface area contributed by atoms with Crippen LogP contribution in [0.4, 0.5) is 0 Å². The van der Waals surface area contributed by atoms with Gasteiger partial charge in [-0.05, 0) is 42.9 Å². The first-order valence-corrected chi connectivity index (χ1v) is 11.8. The summed E-state index contributed by atoms with van der Waals surface area (Å²) >= 11 is 0. The van der Waals surface area contributed by atoms with Gasteiger partial charge in [0.2, 0.25) is 0 Å². The lowest BCUT2D eigenvalue weighted by Gasteiger charge is -2.28. The number of carbonyl (C=O) groups excluding carboxylic acids is 1. The summed E-state index contributed by atoms with van der Waals surface area (Å²) in [5.41, 5.74) is 0.962. The third-order valence-corrected chi connectivity index (χ3v) is 6.17. The summed E-state index contributed by atoms with van der Waals surface area (Å²) in [4.78, 5) is 20.3. The van der Waals surface area contributed by atoms with Crippen LogP contribution in [0.1, 0.15) is 77.2 Å². The maximum absolute atomic E-state index is 11.5. The van der Waals surface area contributed by atoms with Gasteiger partial charge in [-0.25, -0.2) is 9.97 Å². The largest absolute Gasteiger partial charge is 0.490 e. The molecule has 1 aromatic carbocycles. The molecule has 0 bridgehead atoms. The standard InChI is InChI=1S/C26H33N3O3/c1-3-5-6-7-19-8-10-20(11-9-19)18-31-23-16-28-26(29-17-23)21-12-13-24(22(14-21)15-27)32-25(30)4-2/h12-14,16-17,19-20H,3-11,18H2,1-2H3. The Morgan fingerprint density at radius 3 is 2.47 bits per heavy atom. The molecule has 2 aromatic rings. The Morgan fingerprint density at radius 1 is 1.09 bits per heavy atom. The monoisotopic (exact) mass is 435 g/mol. The number of rotatable bonds is 10. The van der Waals surface area contributed by atoms with Crippen molar-refractivity contribution in [3.63, 3.8) is 0 Å². The molecule has 170 valence electrons. The Kier molecular flexibility index (Phi) is 9.03. The van der Waals surface area contributed by atoms with Gasteiger partial charge in [0.25, 0.3) is 0 Å². The molecule has 6 heteroatoms. The van der Waals surface area contributed by atoms with Crippen molar-refractivity contribution in [2.45, 2.75) is 71.6 Å². The number of benzene rings is 1. The summed E-state index contributed by atoms with van der Waals surface area (Å²) in [6, 6.07) is 7.04. The zero-order chi connectivity index (χ0) is 22.8. The highest BCUT2D eigenvalue weighted by Gasteiger charge is 2.21. The van der Waals surface area contributed by atoms with Crippen LogP contribution in [0.15, 0.2) is 30.6 Å². The van der Waals surface area contributed by atoms with Crippen LogP contribution in [0.3, 0.4) is 0 Å². The van der Waals surface area contributed by atoms with Crippen molar-refractivity contribution in [3.8, 4) is 29.0 Å². The molecular formula is C26H33N3O3. The topological polar surface area (TPSA) is 85.1 Å². The van der Waals surface area contributed by atoms with Crippen LogP contribution in [-0.4, -0.2) is 22.5 Å². The minimum atomic E-state index is -0.378. The van der Waals surface area contributed by atoms with Crippen molar-refractivity contribution in [1.29, 1.82) is 5.26 Å². The molecule has 1 fully saturated rings. The number of esters is 1. The molecule has 1 heterocycles. The lowest BCUT2D eigenvalue weighted by molar-refractivity contribution is -0.134. The molecule has 0 amide bonds. The summed E-state index contributed by atoms with van der Waals surface area (Å²) in [5, 5.41) is 9.38. The van der Waals surface area contributed by atoms with E-state index in [0.717, 1.165) is 5.92 Å². The highest BCUT2D eigenvalue weighted by molar-refractivity contribution is 5.73. The fourth-order valence-corrected chi connectivity index (χ4v) is 4.16. The quantitative estimate of drug-likeness (QED) is 0.255. The van der Waals surface area contributed by atoms with Gasteiger partial charge < -0.3 is 9.47 Å². The Morgan fingerprint density at radius 2 is 1.81 bits per heavy atom. The number of hydrogen-bond acceptors (Lipinski definition) is 6. The molecule has 6 nitrogen and oxygen atoms in total. The average Bonchev–Trinajstić information content (AvgIpc) is 2.84. The highest BCUT2D eigenvalue weighted by Crippen LogP contribution is 2.32. The van der Waals surface area contributed by atoms with Crippen molar-refractivity contribution >= 4 is 5.97 Å². The number of carbonyl (C=O) groups is 1. The molecule has 0 unspecified atom stereocenters. The predicted octanol–water partition coefficient (Wildman–Crippen LogP) is 6.10. The van der Waals surface area contributed by atoms with Gasteiger partial charge in [-0.3, -0.25) is 4.79 Å². The van der Waals surface area contributed by atoms with Crippen LogP contribution in [0, 0.1) is 23.2 Å². The number of nitrogens with zero attached hydrogens (tertiary/aromatic N) is 3. The SMILES string of the molecule is CCCCCC1CCC(COc2cnc(-c3ccc(OC(=O)CC)c(C#N)c3)nc2)CC1. The van der Waals surface area contributed by atoms with E-state index in [9.17, 15) is 10.1 Å². The molecule has 0 spiro atoms. The Balaban J connectivity index is 1.51. The fourth-order valence-electron chi connectivity index (χ4n) is 4.16. The molecule has 1 saturated carbocycles. The second kappa shape index (κ2) is 12.2. The van der Waals surface area contributed by atoms with E-state index in [1.54, 1.807) is 37.5 Å². The molecule has 0 aliphatic heterocycles. The summed E-state index contributed by atoms with van der Waals surface area (Å²) in [5.74, 6) is 2.53. The Labute approximate surface area is 191 Å². The zero-order valence-electron chi connectivity index (χ0n) is 19.2. The third kappa shape index (κ3) is 6.78. The smallest absolute Gasteiger partial charge is 0.310 e. The van der Waals surface area contributed by atoms with Gasteiger partial charge in [0.15, 0.2) is 11.6 Å². The van der Waals surface area contributed by atoms with E-state index in [1.807, 2.05) is 0 Å². The van der Waals surface area contributed by atoms with E-state index in [-0.39, 0.29) is 23.7 Å². The third-order valence-electron chi connectivity index (χ3n) is 6.17. The van der Waals surface area contributed by atoms with E-state index >= 15 is 0 Å². The van der Waals surface area contributed by atoms with Gasteiger partial charge in [0.1, 0.15) is 11.8 Å². The van der Waals surface area contributed by atoms with Crippen LogP contribution in [0.2, 0.25) is 0 Å². The van der Waals surface area contributed by atoms with Crippen LogP contribution < -0.4 is 9.47 Å². The second-order valence-electron chi connectivity index (χ2n) is 8.59. The van der Waals surface area contributed by atoms with Crippen molar-refractivity contribution in [1.82, 2.24) is 9.97 Å². The maximum atomic E-state index is 11.5. The summed E-state index contributed by atoms with van der Waals surface area (Å²) in [6.45, 7) is 4.68. The molecule has 32 heavy (non-hydrogen) atoms. The number of unbranched alkanes of at least 4 members (excludes halogenated alkanes) is 2. The van der Waals surface area contributed by atoms with E-state index in [1.165, 1.54) is 51.4 Å². The molecule has 3 rings (SSSR count). The normalized spacial score (nSPS) is 18.0. The first-order valence-electron chi connectivity index (χ1n) is 11.8. The number of nitriles is 1. The van der Waals surface area contributed by atoms with Crippen LogP contribution in [0.25, 0.3) is 11.4 Å². The fraction of sp³-hybridized carbons (Fsp3) is 0.538. The molecule has 0 N–H and O–H groups in total. The molecule has 0 atom stereocenters. The van der Waals surface area contributed by atoms with Crippen molar-refractivity contribution in [2.24, 2.45) is 11.8 Å². The molecular weight excluding hydrogens is 402 g/mol. The van der Waals surface area contributed by atoms with E-state index in [0.29, 0.717) is 29.7 Å². The van der Waals surface area contributed by atoms with Gasteiger partial charge in [-0.15, -0.1) is 0 Å². The number of aromatic nitrogens is 2. The number of hydrogen-bond donors (Lipinski definition) is 0. The van der Waals surface area contributed by atoms with Crippen molar-refractivity contribution < 1.29 is 14.3 Å². The molecule has 1 aliphatic rings. The van der Waals surface area contributed by atoms with Gasteiger partial charge in [0, 0.05) is 12.0 Å². The minimum absolute atomic E-state index is 0.248. The van der Waals surface area contributed by atoms with Crippen LogP contribution >= 0.6 is 0 Å². The molecule has 1 aromatic heterocycles. The molecule has 0 radical (unpaired) electrons. The first-order chi connectivity index (χ1) is 15.6. The zero-order valence-corrected chi connectivity index (χ0v) is 19.2. The Hall–Kier alpha value is -2.94. The van der Waals surface area contributed by atoms with Gasteiger partial charge in [-0.1, -0.05) is 52.4 Å². The van der Waals surface area contributed by atoms with Gasteiger partial charge in [0.05, 0.1) is 24.6 Å². The summed E-state index contributed by atoms with van der Waals surface area (Å²) < 4.78 is 11.1. The van der Waals surface area contributed by atoms with Crippen LogP contribution in [0.5, 0.6) is 11.5 Å². The molecule has 1 aliphatic carbocycles. The van der Waals surface area contributed by atoms with E-state index in [2.05, 4.69) is 23.0 Å². The highest BCUT2D eigenvalue weighted by atomic mass is 16.5. The maximum Gasteiger partial charge on any atom is 0.310 e. The first kappa shape index (κ1) is 23.7. The summed E-state index contributed by atoms with van der Waals surface area (Å²) in [7, 11) is 0. The van der Waals surface area contributed by atoms with E-state index < -0.39 is 0 Å². The summed E-state index contributed by atoms with van der Waals surface area (Å²) in [6.07, 6.45) is 14.1. The van der Waals surface area contributed by atoms with Gasteiger partial charge >= 0.3 is 5.97 Å². The molecule has 0 saturated heterocycles. The van der Waals surface area contributed by atoms with E-state index in [4.69, 9.17) is 9.47 Å². The second-order valence-corrected chi connectivity index (χ2v) is 8.59.